The van der Waals surface area contributed by atoms with Crippen molar-refractivity contribution in [1.29, 1.82) is 0 Å². The van der Waals surface area contributed by atoms with Gasteiger partial charge in [-0.25, -0.2) is 4.98 Å². The zero-order chi connectivity index (χ0) is 25.4. The summed E-state index contributed by atoms with van der Waals surface area (Å²) >= 11 is 12.4. The van der Waals surface area contributed by atoms with Gasteiger partial charge >= 0.3 is 0 Å². The van der Waals surface area contributed by atoms with Gasteiger partial charge in [0.15, 0.2) is 0 Å². The van der Waals surface area contributed by atoms with Crippen LogP contribution in [0.4, 0.5) is 0 Å². The number of hydrogen-bond donors (Lipinski definition) is 1. The number of rotatable bonds is 6. The number of pyridine rings is 1. The molecule has 7 heteroatoms. The molecule has 5 nitrogen and oxygen atoms in total. The first-order chi connectivity index (χ1) is 17.3. The smallest absolute Gasteiger partial charge is 0.251 e. The highest BCUT2D eigenvalue weighted by molar-refractivity contribution is 6.30. The quantitative estimate of drug-likeness (QED) is 0.318. The summed E-state index contributed by atoms with van der Waals surface area (Å²) in [5, 5.41) is 2.32. The van der Waals surface area contributed by atoms with Gasteiger partial charge in [-0.15, -0.1) is 0 Å². The maximum absolute atomic E-state index is 13.2. The average molecular weight is 517 g/mol. The predicted octanol–water partition coefficient (Wildman–Crippen LogP) is 5.61. The molecule has 0 spiro atoms. The third kappa shape index (κ3) is 4.24. The van der Waals surface area contributed by atoms with Gasteiger partial charge in [-0.3, -0.25) is 4.79 Å². The van der Waals surface area contributed by atoms with E-state index in [9.17, 15) is 4.79 Å². The number of nitrogens with two attached hydrogens (primary N) is 1. The van der Waals surface area contributed by atoms with Crippen LogP contribution in [0.5, 0.6) is 0 Å². The summed E-state index contributed by atoms with van der Waals surface area (Å²) in [6.45, 7) is 0. The molecule has 0 aliphatic rings. The van der Waals surface area contributed by atoms with Gasteiger partial charge in [-0.2, -0.15) is 0 Å². The molecule has 2 heterocycles. The number of nitrogens with zero attached hydrogens (tertiary/aromatic N) is 3. The summed E-state index contributed by atoms with van der Waals surface area (Å²) in [6.07, 6.45) is 4.96. The van der Waals surface area contributed by atoms with Gasteiger partial charge in [-0.05, 0) is 53.8 Å². The van der Waals surface area contributed by atoms with Crippen LogP contribution in [0.15, 0.2) is 90.1 Å². The van der Waals surface area contributed by atoms with Crippen molar-refractivity contribution in [1.82, 2.24) is 14.1 Å². The van der Waals surface area contributed by atoms with Crippen LogP contribution >= 0.6 is 23.2 Å². The van der Waals surface area contributed by atoms with Crippen molar-refractivity contribution >= 4 is 34.1 Å². The van der Waals surface area contributed by atoms with Crippen LogP contribution in [-0.4, -0.2) is 14.1 Å². The monoisotopic (exact) mass is 516 g/mol. The Morgan fingerprint density at radius 1 is 0.917 bits per heavy atom. The minimum absolute atomic E-state index is 0.0838. The number of hydrogen-bond acceptors (Lipinski definition) is 3. The molecule has 182 valence electrons. The van der Waals surface area contributed by atoms with E-state index in [1.54, 1.807) is 30.2 Å². The molecule has 0 bridgehead atoms. The predicted molar refractivity (Wildman–Crippen MR) is 147 cm³/mol. The largest absolute Gasteiger partial charge is 0.336 e. The fourth-order valence-electron chi connectivity index (χ4n) is 4.99. The first-order valence-electron chi connectivity index (χ1n) is 11.7. The summed E-state index contributed by atoms with van der Waals surface area (Å²) in [5.41, 5.74) is 11.5. The van der Waals surface area contributed by atoms with Crippen LogP contribution in [0.2, 0.25) is 10.0 Å². The molecule has 0 saturated carbocycles. The maximum Gasteiger partial charge on any atom is 0.251 e. The molecule has 5 rings (SSSR count). The van der Waals surface area contributed by atoms with E-state index >= 15 is 0 Å². The first kappa shape index (κ1) is 24.3. The lowest BCUT2D eigenvalue weighted by Crippen LogP contribution is -2.41. The van der Waals surface area contributed by atoms with E-state index in [1.807, 2.05) is 72.3 Å². The molecule has 0 aliphatic carbocycles. The Morgan fingerprint density at radius 2 is 1.67 bits per heavy atom. The number of benzene rings is 3. The number of aromatic nitrogens is 3. The molecule has 2 N–H and O–H groups in total. The zero-order valence-electron chi connectivity index (χ0n) is 20.1. The van der Waals surface area contributed by atoms with Gasteiger partial charge in [0.05, 0.1) is 23.7 Å². The van der Waals surface area contributed by atoms with E-state index in [0.717, 1.165) is 45.3 Å². The second-order valence-corrected chi connectivity index (χ2v) is 9.98. The summed E-state index contributed by atoms with van der Waals surface area (Å²) in [4.78, 5) is 17.5. The molecule has 36 heavy (non-hydrogen) atoms. The van der Waals surface area contributed by atoms with Crippen molar-refractivity contribution in [2.75, 3.05) is 0 Å². The van der Waals surface area contributed by atoms with Gasteiger partial charge < -0.3 is 14.9 Å². The van der Waals surface area contributed by atoms with E-state index in [0.29, 0.717) is 16.5 Å². The molecule has 1 atom stereocenters. The van der Waals surface area contributed by atoms with E-state index in [-0.39, 0.29) is 5.56 Å². The zero-order valence-corrected chi connectivity index (χ0v) is 21.6. The van der Waals surface area contributed by atoms with Crippen LogP contribution in [0.25, 0.3) is 10.9 Å². The fourth-order valence-corrected chi connectivity index (χ4v) is 5.32. The van der Waals surface area contributed by atoms with Gasteiger partial charge in [0.25, 0.3) is 5.56 Å². The van der Waals surface area contributed by atoms with Crippen LogP contribution in [0, 0.1) is 0 Å². The minimum Gasteiger partial charge on any atom is -0.336 e. The average Bonchev–Trinajstić information content (AvgIpc) is 3.31. The van der Waals surface area contributed by atoms with Gasteiger partial charge in [0, 0.05) is 41.2 Å². The number of halogens is 2. The second kappa shape index (κ2) is 9.58. The Balaban J connectivity index is 1.74. The lowest BCUT2D eigenvalue weighted by molar-refractivity contribution is 0.597. The van der Waals surface area contributed by atoms with Crippen molar-refractivity contribution in [3.05, 3.63) is 134 Å². The van der Waals surface area contributed by atoms with Crippen LogP contribution in [0.3, 0.4) is 0 Å². The van der Waals surface area contributed by atoms with Crippen molar-refractivity contribution in [3.8, 4) is 0 Å². The Morgan fingerprint density at radius 3 is 2.36 bits per heavy atom. The lowest BCUT2D eigenvalue weighted by atomic mass is 9.79. The van der Waals surface area contributed by atoms with Crippen LogP contribution in [-0.2, 0) is 32.5 Å². The molecular formula is C29H26Cl2N4O. The minimum atomic E-state index is -1.08. The van der Waals surface area contributed by atoms with E-state index in [1.165, 1.54) is 0 Å². The van der Waals surface area contributed by atoms with Crippen molar-refractivity contribution < 1.29 is 0 Å². The molecular weight excluding hydrogens is 491 g/mol. The SMILES string of the molecule is Cn1cncc1C(N)(c1ccc(Cl)cc1)c1cccc2c(CCc3cccc(Cl)c3)cc(=O)n(C)c12. The van der Waals surface area contributed by atoms with Gasteiger partial charge in [0.1, 0.15) is 5.54 Å². The Bertz CT molecular complexity index is 1620. The molecule has 3 aromatic carbocycles. The van der Waals surface area contributed by atoms with E-state index in [2.05, 4.69) is 11.1 Å². The molecule has 0 radical (unpaired) electrons. The van der Waals surface area contributed by atoms with Crippen molar-refractivity contribution in [2.24, 2.45) is 19.8 Å². The molecule has 5 aromatic rings. The van der Waals surface area contributed by atoms with E-state index in [4.69, 9.17) is 28.9 Å². The lowest BCUT2D eigenvalue weighted by Gasteiger charge is -2.33. The second-order valence-electron chi connectivity index (χ2n) is 9.10. The van der Waals surface area contributed by atoms with Crippen LogP contribution in [0.1, 0.15) is 27.9 Å². The number of aryl methyl sites for hydroxylation is 4. The summed E-state index contributed by atoms with van der Waals surface area (Å²) in [5.74, 6) is 0. The molecule has 0 saturated heterocycles. The normalized spacial score (nSPS) is 13.1. The van der Waals surface area contributed by atoms with Crippen LogP contribution < -0.4 is 11.3 Å². The number of imidazole rings is 1. The third-order valence-electron chi connectivity index (χ3n) is 6.86. The molecule has 0 amide bonds. The van der Waals surface area contributed by atoms with Crippen molar-refractivity contribution in [2.45, 2.75) is 18.4 Å². The third-order valence-corrected chi connectivity index (χ3v) is 7.35. The van der Waals surface area contributed by atoms with E-state index < -0.39 is 5.54 Å². The Kier molecular flexibility index (Phi) is 6.47. The molecule has 2 aromatic heterocycles. The van der Waals surface area contributed by atoms with Gasteiger partial charge in [-0.1, -0.05) is 65.7 Å². The maximum atomic E-state index is 13.2. The topological polar surface area (TPSA) is 65.8 Å². The van der Waals surface area contributed by atoms with Gasteiger partial charge in [0.2, 0.25) is 0 Å². The standard InChI is InChI=1S/C29H26Cl2N4O/c1-34-18-33-17-26(34)29(32,21-11-13-22(30)14-12-21)25-8-4-7-24-20(16-27(36)35(2)28(24)25)10-9-19-5-3-6-23(31)15-19/h3-8,11-18H,9-10,32H2,1-2H3. The summed E-state index contributed by atoms with van der Waals surface area (Å²) < 4.78 is 3.59. The number of fused-ring (bicyclic) bond motifs is 1. The Labute approximate surface area is 219 Å². The van der Waals surface area contributed by atoms with Crippen molar-refractivity contribution in [3.63, 3.8) is 0 Å². The summed E-state index contributed by atoms with van der Waals surface area (Å²) in [6, 6.07) is 23.1. The molecule has 0 fully saturated rings. The molecule has 1 unspecified atom stereocenters. The molecule has 0 aliphatic heterocycles. The number of para-hydroxylation sites is 1. The highest BCUT2D eigenvalue weighted by atomic mass is 35.5. The highest BCUT2D eigenvalue weighted by Crippen LogP contribution is 2.38. The summed E-state index contributed by atoms with van der Waals surface area (Å²) in [7, 11) is 3.71. The Hall–Kier alpha value is -3.38. The fraction of sp³-hybridized carbons (Fsp3) is 0.172. The highest BCUT2D eigenvalue weighted by Gasteiger charge is 2.37. The first-order valence-corrected chi connectivity index (χ1v) is 12.4.